The molecule has 240 valence electrons. The largest absolute Gasteiger partial charge is 0.444 e. The zero-order chi connectivity index (χ0) is 32.4. The van der Waals surface area contributed by atoms with E-state index in [9.17, 15) is 40.7 Å². The Morgan fingerprint density at radius 2 is 1.57 bits per heavy atom. The highest BCUT2D eigenvalue weighted by molar-refractivity contribution is 6.04. The van der Waals surface area contributed by atoms with Gasteiger partial charge in [-0.3, -0.25) is 14.5 Å². The van der Waals surface area contributed by atoms with Gasteiger partial charge < -0.3 is 20.3 Å². The topological polar surface area (TPSA) is 91.0 Å². The van der Waals surface area contributed by atoms with Crippen LogP contribution in [0.1, 0.15) is 44.7 Å². The van der Waals surface area contributed by atoms with E-state index < -0.39 is 66.5 Å². The van der Waals surface area contributed by atoms with E-state index in [0.717, 1.165) is 25.0 Å². The maximum atomic E-state index is 13.8. The monoisotopic (exact) mass is 628 g/mol. The van der Waals surface area contributed by atoms with Gasteiger partial charge >= 0.3 is 18.4 Å². The second-order valence-corrected chi connectivity index (χ2v) is 12.0. The number of alkyl halides is 6. The van der Waals surface area contributed by atoms with E-state index in [0.29, 0.717) is 17.1 Å². The maximum Gasteiger partial charge on any atom is 0.416 e. The van der Waals surface area contributed by atoms with Crippen LogP contribution in [0.5, 0.6) is 0 Å². The Morgan fingerprint density at radius 1 is 0.955 bits per heavy atom. The molecule has 2 aromatic rings. The van der Waals surface area contributed by atoms with Crippen LogP contribution in [0.3, 0.4) is 0 Å². The predicted octanol–water partition coefficient (Wildman–Crippen LogP) is 5.45. The van der Waals surface area contributed by atoms with Crippen LogP contribution in [0.2, 0.25) is 0 Å². The summed E-state index contributed by atoms with van der Waals surface area (Å²) in [5.74, 6) is -1.85. The minimum atomic E-state index is -4.77. The van der Waals surface area contributed by atoms with Gasteiger partial charge in [-0.15, -0.1) is 0 Å². The number of para-hydroxylation sites is 2. The smallest absolute Gasteiger partial charge is 0.416 e. The number of fused-ring (bicyclic) bond motifs is 1. The van der Waals surface area contributed by atoms with E-state index in [1.165, 1.54) is 24.3 Å². The second kappa shape index (κ2) is 12.6. The van der Waals surface area contributed by atoms with Gasteiger partial charge in [0.05, 0.1) is 16.9 Å². The van der Waals surface area contributed by atoms with Crippen molar-refractivity contribution < 1.29 is 45.5 Å². The van der Waals surface area contributed by atoms with Crippen molar-refractivity contribution in [1.29, 1.82) is 0 Å². The van der Waals surface area contributed by atoms with Gasteiger partial charge in [-0.2, -0.15) is 26.3 Å². The summed E-state index contributed by atoms with van der Waals surface area (Å²) in [6, 6.07) is 7.43. The molecule has 44 heavy (non-hydrogen) atoms. The Labute approximate surface area is 250 Å². The van der Waals surface area contributed by atoms with E-state index in [1.54, 1.807) is 37.8 Å². The van der Waals surface area contributed by atoms with E-state index in [2.05, 4.69) is 10.6 Å². The molecule has 0 bridgehead atoms. The van der Waals surface area contributed by atoms with Crippen LogP contribution in [0.25, 0.3) is 0 Å². The Morgan fingerprint density at radius 3 is 2.16 bits per heavy atom. The number of nitrogens with zero attached hydrogens (tertiary/aromatic N) is 2. The zero-order valence-electron chi connectivity index (χ0n) is 24.4. The molecule has 1 aliphatic carbocycles. The summed E-state index contributed by atoms with van der Waals surface area (Å²) in [5, 5.41) is 4.72. The average molecular weight is 629 g/mol. The molecule has 8 nitrogen and oxygen atoms in total. The highest BCUT2D eigenvalue weighted by atomic mass is 19.4. The van der Waals surface area contributed by atoms with Crippen LogP contribution in [0.15, 0.2) is 48.5 Å². The molecule has 0 saturated heterocycles. The van der Waals surface area contributed by atoms with Crippen molar-refractivity contribution in [1.82, 2.24) is 10.6 Å². The summed E-state index contributed by atoms with van der Waals surface area (Å²) in [6.45, 7) is 3.26. The third kappa shape index (κ3) is 8.79. The van der Waals surface area contributed by atoms with Gasteiger partial charge in [0.25, 0.3) is 5.91 Å². The molecule has 3 amide bonds. The van der Waals surface area contributed by atoms with Gasteiger partial charge in [0.15, 0.2) is 0 Å². The molecule has 0 aromatic heterocycles. The number of benzene rings is 2. The first-order valence-electron chi connectivity index (χ1n) is 14.1. The van der Waals surface area contributed by atoms with E-state index >= 15 is 0 Å². The summed E-state index contributed by atoms with van der Waals surface area (Å²) < 4.78 is 87.5. The predicted molar refractivity (Wildman–Crippen MR) is 150 cm³/mol. The van der Waals surface area contributed by atoms with Crippen LogP contribution in [-0.2, 0) is 26.9 Å². The average Bonchev–Trinajstić information content (AvgIpc) is 3.73. The normalized spacial score (nSPS) is 18.3. The summed E-state index contributed by atoms with van der Waals surface area (Å²) in [7, 11) is 0. The van der Waals surface area contributed by atoms with Gasteiger partial charge in [0.1, 0.15) is 24.2 Å². The molecule has 2 aliphatic rings. The standard InChI is InChI=1S/C30H34F6N4O4/c1-28(2,3)44-27(43)38-21(14-19-8-4-5-9-20(19)30(34,35)36)25(41)37-22-16-39(15-18-12-13-18)23-10-6-7-11-24(23)40(26(22)42)17-29(31,32)33/h4-11,18,21-22H,12-17H2,1-3H3,(H,37,41)(H,38,43)/t21-,22-/m1/s1. The van der Waals surface area contributed by atoms with Gasteiger partial charge in [0, 0.05) is 19.5 Å². The molecule has 0 spiro atoms. The number of ether oxygens (including phenoxy) is 1. The lowest BCUT2D eigenvalue weighted by Gasteiger charge is -2.29. The van der Waals surface area contributed by atoms with E-state index in [1.807, 2.05) is 0 Å². The lowest BCUT2D eigenvalue weighted by molar-refractivity contribution is -0.138. The number of alkyl carbamates (subject to hydrolysis) is 1. The number of carbonyl (C=O) groups excluding carboxylic acids is 3. The number of amides is 3. The van der Waals surface area contributed by atoms with Gasteiger partial charge in [0.2, 0.25) is 5.91 Å². The minimum Gasteiger partial charge on any atom is -0.444 e. The van der Waals surface area contributed by atoms with Crippen molar-refractivity contribution in [3.63, 3.8) is 0 Å². The zero-order valence-corrected chi connectivity index (χ0v) is 24.4. The molecule has 4 rings (SSSR count). The number of carbonyl (C=O) groups is 3. The van der Waals surface area contributed by atoms with Crippen molar-refractivity contribution in [2.75, 3.05) is 29.4 Å². The first kappa shape index (κ1) is 32.9. The Kier molecular flexibility index (Phi) is 9.40. The highest BCUT2D eigenvalue weighted by Gasteiger charge is 2.42. The molecule has 1 saturated carbocycles. The number of rotatable bonds is 8. The molecule has 0 radical (unpaired) electrons. The molecule has 1 heterocycles. The van der Waals surface area contributed by atoms with Gasteiger partial charge in [-0.1, -0.05) is 30.3 Å². The van der Waals surface area contributed by atoms with Gasteiger partial charge in [-0.25, -0.2) is 4.79 Å². The fraction of sp³-hybridized carbons (Fsp3) is 0.500. The fourth-order valence-corrected chi connectivity index (χ4v) is 5.02. The molecule has 1 aliphatic heterocycles. The summed E-state index contributed by atoms with van der Waals surface area (Å²) in [5.41, 5.74) is -1.95. The third-order valence-corrected chi connectivity index (χ3v) is 7.06. The molecular weight excluding hydrogens is 594 g/mol. The minimum absolute atomic E-state index is 0.0229. The first-order chi connectivity index (χ1) is 20.4. The molecule has 2 aromatic carbocycles. The quantitative estimate of drug-likeness (QED) is 0.380. The summed E-state index contributed by atoms with van der Waals surface area (Å²) in [6.07, 6.45) is -9.48. The Balaban J connectivity index is 1.67. The Bertz CT molecular complexity index is 1370. The SMILES string of the molecule is CC(C)(C)OC(=O)N[C@H](Cc1ccccc1C(F)(F)F)C(=O)N[C@@H]1CN(CC2CC2)c2ccccc2N(CC(F)(F)F)C1=O. The van der Waals surface area contributed by atoms with Crippen LogP contribution >= 0.6 is 0 Å². The molecular formula is C30H34F6N4O4. The number of hydrogen-bond donors (Lipinski definition) is 2. The van der Waals surface area contributed by atoms with Crippen LogP contribution in [0.4, 0.5) is 42.5 Å². The molecule has 2 atom stereocenters. The molecule has 1 fully saturated rings. The third-order valence-electron chi connectivity index (χ3n) is 7.06. The van der Waals surface area contributed by atoms with Crippen molar-refractivity contribution in [2.45, 2.75) is 70.1 Å². The van der Waals surface area contributed by atoms with E-state index in [4.69, 9.17) is 4.74 Å². The van der Waals surface area contributed by atoms with Gasteiger partial charge in [-0.05, 0) is 63.3 Å². The lowest BCUT2D eigenvalue weighted by atomic mass is 9.99. The second-order valence-electron chi connectivity index (χ2n) is 12.0. The highest BCUT2D eigenvalue weighted by Crippen LogP contribution is 2.38. The van der Waals surface area contributed by atoms with Crippen molar-refractivity contribution in [3.05, 3.63) is 59.7 Å². The molecule has 0 unspecified atom stereocenters. The summed E-state index contributed by atoms with van der Waals surface area (Å²) >= 11 is 0. The number of anilines is 2. The van der Waals surface area contributed by atoms with Crippen LogP contribution in [0, 0.1) is 5.92 Å². The maximum absolute atomic E-state index is 13.8. The van der Waals surface area contributed by atoms with Crippen molar-refractivity contribution in [2.24, 2.45) is 5.92 Å². The van der Waals surface area contributed by atoms with Crippen LogP contribution in [-0.4, -0.2) is 61.4 Å². The Hall–Kier alpha value is -3.97. The summed E-state index contributed by atoms with van der Waals surface area (Å²) in [4.78, 5) is 42.3. The number of nitrogens with one attached hydrogen (secondary N) is 2. The fourth-order valence-electron chi connectivity index (χ4n) is 5.02. The molecule has 14 heteroatoms. The number of halogens is 6. The van der Waals surface area contributed by atoms with Crippen molar-refractivity contribution >= 4 is 29.3 Å². The van der Waals surface area contributed by atoms with Crippen molar-refractivity contribution in [3.8, 4) is 0 Å². The van der Waals surface area contributed by atoms with E-state index in [-0.39, 0.29) is 23.7 Å². The number of hydrogen-bond acceptors (Lipinski definition) is 5. The lowest BCUT2D eigenvalue weighted by Crippen LogP contribution is -2.58. The first-order valence-corrected chi connectivity index (χ1v) is 14.1. The van der Waals surface area contributed by atoms with Crippen LogP contribution < -0.4 is 20.4 Å². The molecule has 2 N–H and O–H groups in total.